The molecule has 0 radical (unpaired) electrons. The third-order valence-electron chi connectivity index (χ3n) is 3.48. The van der Waals surface area contributed by atoms with Gasteiger partial charge in [0.15, 0.2) is 5.82 Å². The van der Waals surface area contributed by atoms with Crippen molar-refractivity contribution in [3.63, 3.8) is 0 Å². The number of aliphatic imine (C=N–C) groups is 3. The number of hydrogen-bond acceptors (Lipinski definition) is 3. The molecule has 1 rings (SSSR count). The van der Waals surface area contributed by atoms with E-state index >= 15 is 0 Å². The van der Waals surface area contributed by atoms with Crippen LogP contribution in [0.3, 0.4) is 0 Å². The second-order valence-corrected chi connectivity index (χ2v) is 5.34. The third kappa shape index (κ3) is 5.81. The highest BCUT2D eigenvalue weighted by molar-refractivity contribution is 6.18. The van der Waals surface area contributed by atoms with Gasteiger partial charge in [-0.3, -0.25) is 4.99 Å². The van der Waals surface area contributed by atoms with Crippen molar-refractivity contribution >= 4 is 30.2 Å². The van der Waals surface area contributed by atoms with Crippen LogP contribution in [0, 0.1) is 5.82 Å². The molecule has 0 atom stereocenters. The van der Waals surface area contributed by atoms with Crippen molar-refractivity contribution in [3.05, 3.63) is 46.5 Å². The Morgan fingerprint density at radius 2 is 2.04 bits per heavy atom. The fraction of sp³-hybridized carbons (Fsp3) is 0.389. The number of hydrogen-bond donors (Lipinski definition) is 0. The molecule has 0 N–H and O–H groups in total. The first-order valence-corrected chi connectivity index (χ1v) is 8.43. The predicted molar refractivity (Wildman–Crippen MR) is 98.9 cm³/mol. The van der Waals surface area contributed by atoms with E-state index in [0.29, 0.717) is 12.8 Å². The van der Waals surface area contributed by atoms with Crippen molar-refractivity contribution in [1.82, 2.24) is 0 Å². The van der Waals surface area contributed by atoms with Crippen LogP contribution in [0.15, 0.2) is 44.6 Å². The van der Waals surface area contributed by atoms with Crippen LogP contribution in [0.4, 0.5) is 13.2 Å². The van der Waals surface area contributed by atoms with Gasteiger partial charge in [-0.1, -0.05) is 38.5 Å². The Balaban J connectivity index is 3.31. The number of halogens is 4. The Hall–Kier alpha value is -1.95. The molecule has 0 saturated heterocycles. The van der Waals surface area contributed by atoms with Gasteiger partial charge < -0.3 is 0 Å². The summed E-state index contributed by atoms with van der Waals surface area (Å²) in [5.74, 6) is -0.715. The quantitative estimate of drug-likeness (QED) is 0.292. The summed E-state index contributed by atoms with van der Waals surface area (Å²) in [6.07, 6.45) is 0.420. The van der Waals surface area contributed by atoms with Gasteiger partial charge in [0.25, 0.3) is 6.43 Å². The maximum atomic E-state index is 14.1. The highest BCUT2D eigenvalue weighted by atomic mass is 35.5. The lowest BCUT2D eigenvalue weighted by molar-refractivity contribution is 0.146. The first-order chi connectivity index (χ1) is 12.0. The van der Waals surface area contributed by atoms with Crippen LogP contribution >= 0.6 is 11.6 Å². The molecule has 0 saturated carbocycles. The summed E-state index contributed by atoms with van der Waals surface area (Å²) in [5, 5.41) is 0. The zero-order valence-electron chi connectivity index (χ0n) is 14.3. The molecule has 0 spiro atoms. The number of allylic oxidation sites excluding steroid dienone is 1. The molecule has 7 heteroatoms. The lowest BCUT2D eigenvalue weighted by Crippen LogP contribution is -2.05. The van der Waals surface area contributed by atoms with Crippen molar-refractivity contribution < 1.29 is 13.2 Å². The van der Waals surface area contributed by atoms with Crippen LogP contribution in [0.2, 0.25) is 0 Å². The van der Waals surface area contributed by atoms with Crippen LogP contribution in [-0.4, -0.2) is 24.6 Å². The second-order valence-electron chi connectivity index (χ2n) is 5.10. The molecule has 0 aliphatic carbocycles. The highest BCUT2D eigenvalue weighted by Crippen LogP contribution is 2.24. The Labute approximate surface area is 151 Å². The van der Waals surface area contributed by atoms with Gasteiger partial charge in [0.05, 0.1) is 5.56 Å². The molecule has 0 aliphatic rings. The SMILES string of the molecule is C=NC(/N=C/c1cccc(C(F)F)c1F)=C(CC)\C(CCC)=N/CCl. The summed E-state index contributed by atoms with van der Waals surface area (Å²) in [6.45, 7) is 7.41. The molecule has 0 amide bonds. The fourth-order valence-corrected chi connectivity index (χ4v) is 2.45. The monoisotopic (exact) mass is 371 g/mol. The lowest BCUT2D eigenvalue weighted by atomic mass is 10.0. The number of rotatable bonds is 9. The van der Waals surface area contributed by atoms with Crippen LogP contribution in [0.5, 0.6) is 0 Å². The number of nitrogens with zero attached hydrogens (tertiary/aromatic N) is 3. The van der Waals surface area contributed by atoms with E-state index in [1.54, 1.807) is 0 Å². The van der Waals surface area contributed by atoms with E-state index < -0.39 is 17.8 Å². The van der Waals surface area contributed by atoms with Crippen LogP contribution in [0.25, 0.3) is 0 Å². The Morgan fingerprint density at radius 3 is 2.56 bits per heavy atom. The molecule has 1 aromatic carbocycles. The molecule has 0 aliphatic heterocycles. The van der Waals surface area contributed by atoms with Gasteiger partial charge in [-0.25, -0.2) is 23.2 Å². The molecule has 0 fully saturated rings. The molecule has 0 bridgehead atoms. The average molecular weight is 372 g/mol. The van der Waals surface area contributed by atoms with Crippen LogP contribution < -0.4 is 0 Å². The van der Waals surface area contributed by atoms with E-state index in [1.807, 2.05) is 13.8 Å². The molecular weight excluding hydrogens is 351 g/mol. The van der Waals surface area contributed by atoms with Crippen molar-refractivity contribution in [2.75, 3.05) is 6.00 Å². The average Bonchev–Trinajstić information content (AvgIpc) is 2.59. The van der Waals surface area contributed by atoms with Crippen molar-refractivity contribution in [2.24, 2.45) is 15.0 Å². The molecule has 1 aromatic rings. The molecule has 136 valence electrons. The fourth-order valence-electron chi connectivity index (χ4n) is 2.31. The molecule has 0 unspecified atom stereocenters. The largest absolute Gasteiger partial charge is 0.273 e. The summed E-state index contributed by atoms with van der Waals surface area (Å²) < 4.78 is 39.6. The van der Waals surface area contributed by atoms with Crippen LogP contribution in [0.1, 0.15) is 50.7 Å². The minimum absolute atomic E-state index is 0.0410. The maximum absolute atomic E-state index is 14.1. The highest BCUT2D eigenvalue weighted by Gasteiger charge is 2.15. The normalized spacial score (nSPS) is 13.5. The smallest absolute Gasteiger partial charge is 0.266 e. The standard InChI is InChI=1S/C18H21ClF3N3/c1-4-7-15(25-11-19)13(5-2)18(23-3)24-10-12-8-6-9-14(16(12)20)17(21)22/h6,8-10,17H,3-5,7,11H2,1-2H3/b18-13+,24-10+,25-15-. The zero-order chi connectivity index (χ0) is 18.8. The molecule has 0 aromatic heterocycles. The van der Waals surface area contributed by atoms with Gasteiger partial charge in [0.2, 0.25) is 0 Å². The van der Waals surface area contributed by atoms with Gasteiger partial charge in [-0.05, 0) is 19.6 Å². The van der Waals surface area contributed by atoms with Crippen LogP contribution in [-0.2, 0) is 0 Å². The number of benzene rings is 1. The second kappa shape index (κ2) is 10.8. The summed E-state index contributed by atoms with van der Waals surface area (Å²) in [6, 6.07) is 3.88. The topological polar surface area (TPSA) is 37.1 Å². The van der Waals surface area contributed by atoms with Crippen molar-refractivity contribution in [3.8, 4) is 0 Å². The van der Waals surface area contributed by atoms with Gasteiger partial charge >= 0.3 is 0 Å². The third-order valence-corrected chi connectivity index (χ3v) is 3.60. The molecule has 0 heterocycles. The zero-order valence-corrected chi connectivity index (χ0v) is 15.0. The first-order valence-electron chi connectivity index (χ1n) is 7.90. The van der Waals surface area contributed by atoms with Gasteiger partial charge in [0.1, 0.15) is 11.8 Å². The Kier molecular flexibility index (Phi) is 9.13. The van der Waals surface area contributed by atoms with Crippen molar-refractivity contribution in [1.29, 1.82) is 0 Å². The van der Waals surface area contributed by atoms with E-state index in [-0.39, 0.29) is 17.4 Å². The Morgan fingerprint density at radius 1 is 1.32 bits per heavy atom. The van der Waals surface area contributed by atoms with E-state index in [0.717, 1.165) is 23.8 Å². The summed E-state index contributed by atoms with van der Waals surface area (Å²) >= 11 is 5.71. The number of alkyl halides is 3. The first kappa shape index (κ1) is 21.1. The Bertz CT molecular complexity index is 682. The van der Waals surface area contributed by atoms with E-state index in [2.05, 4.69) is 21.7 Å². The van der Waals surface area contributed by atoms with Gasteiger partial charge in [0, 0.05) is 23.1 Å². The van der Waals surface area contributed by atoms with E-state index in [9.17, 15) is 13.2 Å². The van der Waals surface area contributed by atoms with Gasteiger partial charge in [-0.15, -0.1) is 11.6 Å². The molecule has 25 heavy (non-hydrogen) atoms. The maximum Gasteiger partial charge on any atom is 0.266 e. The summed E-state index contributed by atoms with van der Waals surface area (Å²) in [7, 11) is 0. The predicted octanol–water partition coefficient (Wildman–Crippen LogP) is 5.94. The summed E-state index contributed by atoms with van der Waals surface area (Å²) in [4.78, 5) is 12.3. The van der Waals surface area contributed by atoms with E-state index in [4.69, 9.17) is 11.6 Å². The molecular formula is C18H21ClF3N3. The molecule has 3 nitrogen and oxygen atoms in total. The van der Waals surface area contributed by atoms with Crippen molar-refractivity contribution in [2.45, 2.75) is 39.5 Å². The summed E-state index contributed by atoms with van der Waals surface area (Å²) in [5.41, 5.74) is 0.813. The van der Waals surface area contributed by atoms with E-state index in [1.165, 1.54) is 18.3 Å². The lowest BCUT2D eigenvalue weighted by Gasteiger charge is -2.10. The minimum atomic E-state index is -2.89. The minimum Gasteiger partial charge on any atom is -0.273 e. The van der Waals surface area contributed by atoms with Gasteiger partial charge in [-0.2, -0.15) is 0 Å².